The molecule has 1 aliphatic rings. The van der Waals surface area contributed by atoms with E-state index in [4.69, 9.17) is 4.74 Å². The van der Waals surface area contributed by atoms with Crippen molar-refractivity contribution in [3.63, 3.8) is 0 Å². The molecule has 1 rings (SSSR count). The van der Waals surface area contributed by atoms with Crippen LogP contribution in [-0.4, -0.2) is 12.7 Å². The van der Waals surface area contributed by atoms with Gasteiger partial charge >= 0.3 is 0 Å². The Labute approximate surface area is 50.3 Å². The SMILES string of the molecule is C=C[C@H]1CCCCO1. The van der Waals surface area contributed by atoms with Gasteiger partial charge in [0.05, 0.1) is 6.10 Å². The van der Waals surface area contributed by atoms with Crippen molar-refractivity contribution in [2.45, 2.75) is 25.4 Å². The maximum atomic E-state index is 5.31. The predicted molar refractivity (Wildman–Crippen MR) is 33.8 cm³/mol. The van der Waals surface area contributed by atoms with Gasteiger partial charge in [-0.05, 0) is 19.3 Å². The molecule has 1 aliphatic heterocycles. The fourth-order valence-electron chi connectivity index (χ4n) is 0.952. The van der Waals surface area contributed by atoms with Gasteiger partial charge in [0, 0.05) is 6.61 Å². The summed E-state index contributed by atoms with van der Waals surface area (Å²) in [7, 11) is 0. The Hall–Kier alpha value is -0.300. The first-order valence-corrected chi connectivity index (χ1v) is 3.17. The molecule has 0 N–H and O–H groups in total. The van der Waals surface area contributed by atoms with Gasteiger partial charge in [0.25, 0.3) is 0 Å². The highest BCUT2D eigenvalue weighted by Crippen LogP contribution is 2.12. The van der Waals surface area contributed by atoms with Gasteiger partial charge in [-0.1, -0.05) is 6.08 Å². The summed E-state index contributed by atoms with van der Waals surface area (Å²) in [4.78, 5) is 0. The molecule has 1 heteroatoms. The second kappa shape index (κ2) is 2.88. The fraction of sp³-hybridized carbons (Fsp3) is 0.714. The molecule has 0 aliphatic carbocycles. The van der Waals surface area contributed by atoms with Crippen LogP contribution in [0.3, 0.4) is 0 Å². The minimum absolute atomic E-state index is 0.351. The van der Waals surface area contributed by atoms with Crippen molar-refractivity contribution in [3.8, 4) is 0 Å². The van der Waals surface area contributed by atoms with Crippen LogP contribution in [0.4, 0.5) is 0 Å². The molecular weight excluding hydrogens is 100 g/mol. The van der Waals surface area contributed by atoms with Crippen LogP contribution in [0.15, 0.2) is 12.7 Å². The standard InChI is InChI=1S/C7H12O/c1-2-7-5-3-4-6-8-7/h2,7H,1,3-6H2/t7-/m0/s1. The molecule has 8 heavy (non-hydrogen) atoms. The molecule has 0 radical (unpaired) electrons. The van der Waals surface area contributed by atoms with Crippen LogP contribution in [0, 0.1) is 0 Å². The van der Waals surface area contributed by atoms with E-state index in [0.717, 1.165) is 6.61 Å². The summed E-state index contributed by atoms with van der Waals surface area (Å²) in [6, 6.07) is 0. The van der Waals surface area contributed by atoms with Gasteiger partial charge in [0.15, 0.2) is 0 Å². The zero-order chi connectivity index (χ0) is 5.82. The third kappa shape index (κ3) is 1.34. The second-order valence-corrected chi connectivity index (χ2v) is 2.14. The highest BCUT2D eigenvalue weighted by molar-refractivity contribution is 4.81. The fourth-order valence-corrected chi connectivity index (χ4v) is 0.952. The van der Waals surface area contributed by atoms with E-state index in [-0.39, 0.29) is 0 Å². The molecule has 1 nitrogen and oxygen atoms in total. The van der Waals surface area contributed by atoms with Crippen molar-refractivity contribution in [3.05, 3.63) is 12.7 Å². The lowest BCUT2D eigenvalue weighted by molar-refractivity contribution is 0.0468. The Morgan fingerprint density at radius 1 is 1.50 bits per heavy atom. The average molecular weight is 112 g/mol. The molecule has 0 amide bonds. The second-order valence-electron chi connectivity index (χ2n) is 2.14. The Morgan fingerprint density at radius 2 is 2.38 bits per heavy atom. The first-order chi connectivity index (χ1) is 3.93. The summed E-state index contributed by atoms with van der Waals surface area (Å²) in [5.41, 5.74) is 0. The highest BCUT2D eigenvalue weighted by atomic mass is 16.5. The Bertz CT molecular complexity index is 72.5. The third-order valence-corrected chi connectivity index (χ3v) is 1.48. The Morgan fingerprint density at radius 3 is 2.75 bits per heavy atom. The molecule has 1 heterocycles. The van der Waals surface area contributed by atoms with Crippen molar-refractivity contribution in [2.24, 2.45) is 0 Å². The molecule has 0 bridgehead atoms. The number of ether oxygens (including phenoxy) is 1. The molecular formula is C7H12O. The summed E-state index contributed by atoms with van der Waals surface area (Å²) in [5.74, 6) is 0. The van der Waals surface area contributed by atoms with Gasteiger partial charge in [-0.25, -0.2) is 0 Å². The van der Waals surface area contributed by atoms with Gasteiger partial charge in [0.2, 0.25) is 0 Å². The van der Waals surface area contributed by atoms with Crippen molar-refractivity contribution in [2.75, 3.05) is 6.61 Å². The summed E-state index contributed by atoms with van der Waals surface area (Å²) >= 11 is 0. The highest BCUT2D eigenvalue weighted by Gasteiger charge is 2.07. The number of rotatable bonds is 1. The third-order valence-electron chi connectivity index (χ3n) is 1.48. The smallest absolute Gasteiger partial charge is 0.0753 e. The summed E-state index contributed by atoms with van der Waals surface area (Å²) in [6.45, 7) is 4.59. The largest absolute Gasteiger partial charge is 0.374 e. The number of hydrogen-bond donors (Lipinski definition) is 0. The van der Waals surface area contributed by atoms with Crippen LogP contribution < -0.4 is 0 Å². The lowest BCUT2D eigenvalue weighted by atomic mass is 10.1. The molecule has 46 valence electrons. The predicted octanol–water partition coefficient (Wildman–Crippen LogP) is 1.74. The van der Waals surface area contributed by atoms with Gasteiger partial charge in [0.1, 0.15) is 0 Å². The summed E-state index contributed by atoms with van der Waals surface area (Å²) in [5, 5.41) is 0. The van der Waals surface area contributed by atoms with Crippen LogP contribution >= 0.6 is 0 Å². The molecule has 1 atom stereocenters. The topological polar surface area (TPSA) is 9.23 Å². The molecule has 0 spiro atoms. The first-order valence-electron chi connectivity index (χ1n) is 3.17. The van der Waals surface area contributed by atoms with Crippen LogP contribution in [0.5, 0.6) is 0 Å². The minimum atomic E-state index is 0.351. The van der Waals surface area contributed by atoms with Gasteiger partial charge < -0.3 is 4.74 Å². The summed E-state index contributed by atoms with van der Waals surface area (Å²) in [6.07, 6.45) is 5.94. The Kier molecular flexibility index (Phi) is 2.10. The van der Waals surface area contributed by atoms with E-state index in [9.17, 15) is 0 Å². The Balaban J connectivity index is 2.22. The van der Waals surface area contributed by atoms with Crippen LogP contribution in [0.25, 0.3) is 0 Å². The van der Waals surface area contributed by atoms with Gasteiger partial charge in [-0.3, -0.25) is 0 Å². The average Bonchev–Trinajstić information content (AvgIpc) is 1.90. The van der Waals surface area contributed by atoms with Crippen molar-refractivity contribution < 1.29 is 4.74 Å². The lowest BCUT2D eigenvalue weighted by Gasteiger charge is -2.18. The van der Waals surface area contributed by atoms with E-state index in [0.29, 0.717) is 6.10 Å². The van der Waals surface area contributed by atoms with E-state index in [1.807, 2.05) is 6.08 Å². The van der Waals surface area contributed by atoms with Crippen molar-refractivity contribution in [1.82, 2.24) is 0 Å². The summed E-state index contributed by atoms with van der Waals surface area (Å²) < 4.78 is 5.31. The quantitative estimate of drug-likeness (QED) is 0.469. The molecule has 0 saturated carbocycles. The molecule has 0 unspecified atom stereocenters. The van der Waals surface area contributed by atoms with E-state index in [2.05, 4.69) is 6.58 Å². The van der Waals surface area contributed by atoms with Crippen LogP contribution in [-0.2, 0) is 4.74 Å². The van der Waals surface area contributed by atoms with Crippen molar-refractivity contribution in [1.29, 1.82) is 0 Å². The van der Waals surface area contributed by atoms with Gasteiger partial charge in [-0.2, -0.15) is 0 Å². The molecule has 0 aromatic rings. The van der Waals surface area contributed by atoms with Crippen molar-refractivity contribution >= 4 is 0 Å². The molecule has 0 aromatic heterocycles. The normalized spacial score (nSPS) is 29.8. The maximum absolute atomic E-state index is 5.31. The van der Waals surface area contributed by atoms with E-state index in [1.54, 1.807) is 0 Å². The molecule has 0 aromatic carbocycles. The van der Waals surface area contributed by atoms with Gasteiger partial charge in [-0.15, -0.1) is 6.58 Å². The zero-order valence-electron chi connectivity index (χ0n) is 5.10. The monoisotopic (exact) mass is 112 g/mol. The molecule has 1 fully saturated rings. The van der Waals surface area contributed by atoms with Crippen LogP contribution in [0.1, 0.15) is 19.3 Å². The molecule has 1 saturated heterocycles. The van der Waals surface area contributed by atoms with E-state index in [1.165, 1.54) is 19.3 Å². The van der Waals surface area contributed by atoms with E-state index >= 15 is 0 Å². The lowest BCUT2D eigenvalue weighted by Crippen LogP contribution is -2.15. The maximum Gasteiger partial charge on any atom is 0.0753 e. The number of hydrogen-bond acceptors (Lipinski definition) is 1. The first kappa shape index (κ1) is 5.83. The van der Waals surface area contributed by atoms with Crippen LogP contribution in [0.2, 0.25) is 0 Å². The zero-order valence-corrected chi connectivity index (χ0v) is 5.10. The van der Waals surface area contributed by atoms with E-state index < -0.39 is 0 Å². The minimum Gasteiger partial charge on any atom is -0.374 e.